The zero-order valence-electron chi connectivity index (χ0n) is 21.6. The molecule has 1 aromatic carbocycles. The van der Waals surface area contributed by atoms with Gasteiger partial charge in [0.25, 0.3) is 5.92 Å². The van der Waals surface area contributed by atoms with Crippen molar-refractivity contribution in [3.63, 3.8) is 0 Å². The van der Waals surface area contributed by atoms with Crippen molar-refractivity contribution in [2.24, 2.45) is 17.6 Å². The topological polar surface area (TPSA) is 97.7 Å². The van der Waals surface area contributed by atoms with E-state index in [2.05, 4.69) is 22.0 Å². The molecule has 2 unspecified atom stereocenters. The van der Waals surface area contributed by atoms with Crippen molar-refractivity contribution in [3.05, 3.63) is 35.4 Å². The molecule has 1 aromatic heterocycles. The lowest BCUT2D eigenvalue weighted by molar-refractivity contribution is -0.133. The summed E-state index contributed by atoms with van der Waals surface area (Å²) in [7, 11) is 0. The SMILES string of the molecule is CC(C)c1noc(N2CCC(C(C)CCOc3ccc(C(N)C(=O)N4CCC(F)(F)C4)c(F)c3)CC2)n1. The first kappa shape index (κ1) is 27.2. The van der Waals surface area contributed by atoms with E-state index in [1.54, 1.807) is 6.07 Å². The lowest BCUT2D eigenvalue weighted by Gasteiger charge is -2.33. The second kappa shape index (κ2) is 11.3. The summed E-state index contributed by atoms with van der Waals surface area (Å²) in [4.78, 5) is 20.1. The Hall–Kier alpha value is -2.82. The van der Waals surface area contributed by atoms with Gasteiger partial charge < -0.3 is 24.8 Å². The standard InChI is InChI=1S/C26H36F3N5O3/c1-16(2)23-31-25(37-32-23)33-10-6-18(7-11-33)17(3)8-13-36-19-4-5-20(21(27)14-19)22(30)24(35)34-12-9-26(28,29)15-34/h4-5,14,16-18,22H,6-13,15,30H2,1-3H3. The maximum Gasteiger partial charge on any atom is 0.324 e. The molecule has 0 spiro atoms. The van der Waals surface area contributed by atoms with Crippen LogP contribution in [0.2, 0.25) is 0 Å². The van der Waals surface area contributed by atoms with E-state index in [0.29, 0.717) is 30.2 Å². The fourth-order valence-electron chi connectivity index (χ4n) is 4.95. The summed E-state index contributed by atoms with van der Waals surface area (Å²) in [5.74, 6) is -2.07. The molecule has 2 fully saturated rings. The van der Waals surface area contributed by atoms with Gasteiger partial charge in [0, 0.05) is 43.6 Å². The van der Waals surface area contributed by atoms with E-state index in [0.717, 1.165) is 43.1 Å². The van der Waals surface area contributed by atoms with Crippen LogP contribution in [0.15, 0.2) is 22.7 Å². The molecule has 0 bridgehead atoms. The number of rotatable bonds is 9. The molecule has 2 atom stereocenters. The maximum absolute atomic E-state index is 14.7. The van der Waals surface area contributed by atoms with Gasteiger partial charge in [-0.05, 0) is 37.2 Å². The molecule has 2 saturated heterocycles. The molecule has 2 N–H and O–H groups in total. The monoisotopic (exact) mass is 523 g/mol. The van der Waals surface area contributed by atoms with Gasteiger partial charge in [-0.1, -0.05) is 32.0 Å². The number of anilines is 1. The van der Waals surface area contributed by atoms with E-state index >= 15 is 0 Å². The fraction of sp³-hybridized carbons (Fsp3) is 0.654. The van der Waals surface area contributed by atoms with E-state index in [-0.39, 0.29) is 18.0 Å². The Morgan fingerprint density at radius 2 is 1.97 bits per heavy atom. The van der Waals surface area contributed by atoms with Gasteiger partial charge >= 0.3 is 6.01 Å². The van der Waals surface area contributed by atoms with Gasteiger partial charge in [-0.3, -0.25) is 4.79 Å². The molecule has 0 aliphatic carbocycles. The van der Waals surface area contributed by atoms with Crippen LogP contribution >= 0.6 is 0 Å². The van der Waals surface area contributed by atoms with Gasteiger partial charge in [0.15, 0.2) is 5.82 Å². The second-order valence-electron chi connectivity index (χ2n) is 10.6. The van der Waals surface area contributed by atoms with Gasteiger partial charge in [-0.15, -0.1) is 0 Å². The Balaban J connectivity index is 1.22. The van der Waals surface area contributed by atoms with Crippen LogP contribution in [0.4, 0.5) is 19.2 Å². The first-order valence-electron chi connectivity index (χ1n) is 13.0. The number of nitrogens with zero attached hydrogens (tertiary/aromatic N) is 4. The first-order valence-corrected chi connectivity index (χ1v) is 13.0. The third kappa shape index (κ3) is 6.55. The number of benzene rings is 1. The van der Waals surface area contributed by atoms with Gasteiger partial charge in [0.05, 0.1) is 13.2 Å². The molecule has 37 heavy (non-hydrogen) atoms. The number of aromatic nitrogens is 2. The Bertz CT molecular complexity index is 1070. The van der Waals surface area contributed by atoms with Crippen LogP contribution in [-0.2, 0) is 4.79 Å². The minimum Gasteiger partial charge on any atom is -0.493 e. The van der Waals surface area contributed by atoms with E-state index in [1.807, 2.05) is 13.8 Å². The number of ether oxygens (including phenoxy) is 1. The van der Waals surface area contributed by atoms with Gasteiger partial charge in [0.2, 0.25) is 5.91 Å². The average Bonchev–Trinajstić information content (AvgIpc) is 3.50. The average molecular weight is 524 g/mol. The molecule has 4 rings (SSSR count). The summed E-state index contributed by atoms with van der Waals surface area (Å²) in [5.41, 5.74) is 5.87. The molecular formula is C26H36F3N5O3. The Kier molecular flexibility index (Phi) is 8.30. The van der Waals surface area contributed by atoms with Crippen LogP contribution in [0.1, 0.15) is 69.8 Å². The predicted molar refractivity (Wildman–Crippen MR) is 132 cm³/mol. The summed E-state index contributed by atoms with van der Waals surface area (Å²) in [6, 6.07) is 3.40. The van der Waals surface area contributed by atoms with Gasteiger partial charge in [0.1, 0.15) is 17.6 Å². The van der Waals surface area contributed by atoms with Gasteiger partial charge in [-0.2, -0.15) is 4.98 Å². The number of carbonyl (C=O) groups excluding carboxylic acids is 1. The smallest absolute Gasteiger partial charge is 0.324 e. The third-order valence-electron chi connectivity index (χ3n) is 7.46. The molecule has 0 saturated carbocycles. The molecule has 2 aromatic rings. The zero-order chi connectivity index (χ0) is 26.7. The number of halogens is 3. The van der Waals surface area contributed by atoms with Crippen molar-refractivity contribution in [1.82, 2.24) is 15.0 Å². The van der Waals surface area contributed by atoms with Crippen molar-refractivity contribution in [2.75, 3.05) is 37.7 Å². The molecule has 0 radical (unpaired) electrons. The Labute approximate surface area is 215 Å². The van der Waals surface area contributed by atoms with Crippen molar-refractivity contribution in [1.29, 1.82) is 0 Å². The molecular weight excluding hydrogens is 487 g/mol. The molecule has 2 aliphatic rings. The summed E-state index contributed by atoms with van der Waals surface area (Å²) in [5, 5.41) is 4.04. The van der Waals surface area contributed by atoms with Crippen molar-refractivity contribution < 1.29 is 27.2 Å². The van der Waals surface area contributed by atoms with Crippen molar-refractivity contribution >= 4 is 11.9 Å². The van der Waals surface area contributed by atoms with Crippen LogP contribution in [0.25, 0.3) is 0 Å². The highest BCUT2D eigenvalue weighted by Crippen LogP contribution is 2.31. The highest BCUT2D eigenvalue weighted by molar-refractivity contribution is 5.83. The number of nitrogens with two attached hydrogens (primary N) is 1. The Morgan fingerprint density at radius 3 is 2.57 bits per heavy atom. The van der Waals surface area contributed by atoms with E-state index < -0.39 is 36.7 Å². The fourth-order valence-corrected chi connectivity index (χ4v) is 4.95. The van der Waals surface area contributed by atoms with Gasteiger partial charge in [-0.25, -0.2) is 13.2 Å². The third-order valence-corrected chi connectivity index (χ3v) is 7.46. The second-order valence-corrected chi connectivity index (χ2v) is 10.6. The minimum atomic E-state index is -2.93. The summed E-state index contributed by atoms with van der Waals surface area (Å²) in [6.07, 6.45) is 2.43. The maximum atomic E-state index is 14.7. The van der Waals surface area contributed by atoms with Crippen molar-refractivity contribution in [3.8, 4) is 5.75 Å². The van der Waals surface area contributed by atoms with E-state index in [4.69, 9.17) is 15.0 Å². The normalized spacial score (nSPS) is 19.9. The number of alkyl halides is 2. The number of amides is 1. The molecule has 204 valence electrons. The molecule has 3 heterocycles. The quantitative estimate of drug-likeness (QED) is 0.516. The number of piperidine rings is 1. The summed E-state index contributed by atoms with van der Waals surface area (Å²) in [6.45, 7) is 7.63. The first-order chi connectivity index (χ1) is 17.5. The van der Waals surface area contributed by atoms with Crippen LogP contribution in [0, 0.1) is 17.7 Å². The lowest BCUT2D eigenvalue weighted by atomic mass is 9.84. The lowest BCUT2D eigenvalue weighted by Crippen LogP contribution is -2.38. The molecule has 8 nitrogen and oxygen atoms in total. The highest BCUT2D eigenvalue weighted by atomic mass is 19.3. The minimum absolute atomic E-state index is 0.0329. The number of likely N-dealkylation sites (tertiary alicyclic amines) is 1. The van der Waals surface area contributed by atoms with Crippen LogP contribution < -0.4 is 15.4 Å². The molecule has 11 heteroatoms. The largest absolute Gasteiger partial charge is 0.493 e. The van der Waals surface area contributed by atoms with E-state index in [1.165, 1.54) is 12.1 Å². The van der Waals surface area contributed by atoms with Crippen LogP contribution in [-0.4, -0.2) is 59.7 Å². The zero-order valence-corrected chi connectivity index (χ0v) is 21.6. The summed E-state index contributed by atoms with van der Waals surface area (Å²) >= 11 is 0. The van der Waals surface area contributed by atoms with Crippen molar-refractivity contribution in [2.45, 2.75) is 64.3 Å². The Morgan fingerprint density at radius 1 is 1.24 bits per heavy atom. The molecule has 2 aliphatic heterocycles. The van der Waals surface area contributed by atoms with Crippen LogP contribution in [0.5, 0.6) is 5.75 Å². The highest BCUT2D eigenvalue weighted by Gasteiger charge is 2.41. The molecule has 1 amide bonds. The van der Waals surface area contributed by atoms with Crippen LogP contribution in [0.3, 0.4) is 0 Å². The van der Waals surface area contributed by atoms with E-state index in [9.17, 15) is 18.0 Å². The number of hydrogen-bond acceptors (Lipinski definition) is 7. The summed E-state index contributed by atoms with van der Waals surface area (Å²) < 4.78 is 52.7. The predicted octanol–water partition coefficient (Wildman–Crippen LogP) is 4.52. The number of hydrogen-bond donors (Lipinski definition) is 1. The number of carbonyl (C=O) groups is 1.